The summed E-state index contributed by atoms with van der Waals surface area (Å²) >= 11 is 0. The Balaban J connectivity index is 1.70. The standard InChI is InChI=1S/C32H25N3O/c36-32(35(29-22-12-4-13-23-29)30-24-14-5-15-25-30)33-31(26-16-6-1-7-17-26)34(27-18-8-2-9-19-27)28-20-10-3-11-21-28/h1-25H/b33-31+. The number of hydrogen-bond donors (Lipinski definition) is 0. The number of hydrogen-bond acceptors (Lipinski definition) is 1. The largest absolute Gasteiger partial charge is 0.354 e. The number of para-hydroxylation sites is 4. The minimum absolute atomic E-state index is 0.386. The first kappa shape index (κ1) is 22.8. The summed E-state index contributed by atoms with van der Waals surface area (Å²) in [5.41, 5.74) is 4.14. The fraction of sp³-hybridized carbons (Fsp3) is 0. The smallest absolute Gasteiger partial charge is 0.294 e. The molecule has 36 heavy (non-hydrogen) atoms. The molecule has 5 aromatic rings. The van der Waals surface area contributed by atoms with Crippen molar-refractivity contribution in [2.24, 2.45) is 4.99 Å². The molecule has 0 aromatic heterocycles. The maximum Gasteiger partial charge on any atom is 0.354 e. The molecule has 4 nitrogen and oxygen atoms in total. The Morgan fingerprint density at radius 1 is 0.417 bits per heavy atom. The van der Waals surface area contributed by atoms with E-state index < -0.39 is 0 Å². The zero-order valence-electron chi connectivity index (χ0n) is 19.7. The van der Waals surface area contributed by atoms with Crippen LogP contribution < -0.4 is 9.80 Å². The van der Waals surface area contributed by atoms with Gasteiger partial charge in [-0.2, -0.15) is 4.99 Å². The molecule has 0 radical (unpaired) electrons. The molecule has 0 fully saturated rings. The fourth-order valence-electron chi connectivity index (χ4n) is 4.04. The molecule has 0 atom stereocenters. The molecule has 0 saturated carbocycles. The fourth-order valence-corrected chi connectivity index (χ4v) is 4.04. The third kappa shape index (κ3) is 5.08. The van der Waals surface area contributed by atoms with Crippen LogP contribution in [0.1, 0.15) is 5.56 Å². The van der Waals surface area contributed by atoms with Crippen molar-refractivity contribution in [1.29, 1.82) is 0 Å². The van der Waals surface area contributed by atoms with Gasteiger partial charge in [-0.15, -0.1) is 0 Å². The Kier molecular flexibility index (Phi) is 6.96. The average Bonchev–Trinajstić information content (AvgIpc) is 2.96. The molecule has 2 amide bonds. The van der Waals surface area contributed by atoms with Gasteiger partial charge in [0.2, 0.25) is 0 Å². The summed E-state index contributed by atoms with van der Waals surface area (Å²) in [7, 11) is 0. The Morgan fingerprint density at radius 3 is 1.08 bits per heavy atom. The molecule has 4 heteroatoms. The van der Waals surface area contributed by atoms with Crippen molar-refractivity contribution >= 4 is 34.6 Å². The molecule has 174 valence electrons. The van der Waals surface area contributed by atoms with Crippen LogP contribution in [0.2, 0.25) is 0 Å². The molecule has 0 unspecified atom stereocenters. The molecule has 0 saturated heterocycles. The highest BCUT2D eigenvalue weighted by Crippen LogP contribution is 2.30. The number of carbonyl (C=O) groups excluding carboxylic acids is 1. The number of nitrogens with zero attached hydrogens (tertiary/aromatic N) is 3. The van der Waals surface area contributed by atoms with E-state index in [0.717, 1.165) is 28.3 Å². The lowest BCUT2D eigenvalue weighted by Gasteiger charge is -2.28. The quantitative estimate of drug-likeness (QED) is 0.193. The zero-order chi connectivity index (χ0) is 24.6. The molecule has 0 bridgehead atoms. The highest BCUT2D eigenvalue weighted by molar-refractivity contribution is 6.19. The van der Waals surface area contributed by atoms with Gasteiger partial charge in [0.25, 0.3) is 0 Å². The van der Waals surface area contributed by atoms with Gasteiger partial charge in [0.05, 0.1) is 11.4 Å². The summed E-state index contributed by atoms with van der Waals surface area (Å²) in [5, 5.41) is 0. The lowest BCUT2D eigenvalue weighted by atomic mass is 10.1. The first-order chi connectivity index (χ1) is 17.8. The van der Waals surface area contributed by atoms with E-state index >= 15 is 0 Å². The summed E-state index contributed by atoms with van der Waals surface area (Å²) in [6.45, 7) is 0. The number of anilines is 4. The lowest BCUT2D eigenvalue weighted by molar-refractivity contribution is 0.256. The van der Waals surface area contributed by atoms with E-state index in [9.17, 15) is 4.79 Å². The maximum atomic E-state index is 14.0. The van der Waals surface area contributed by atoms with Crippen LogP contribution >= 0.6 is 0 Å². The molecule has 0 spiro atoms. The van der Waals surface area contributed by atoms with E-state index in [1.807, 2.05) is 157 Å². The Labute approximate surface area is 211 Å². The van der Waals surface area contributed by atoms with Gasteiger partial charge in [0.15, 0.2) is 5.84 Å². The van der Waals surface area contributed by atoms with Crippen LogP contribution in [0.25, 0.3) is 0 Å². The molecule has 0 heterocycles. The number of amides is 2. The van der Waals surface area contributed by atoms with Crippen molar-refractivity contribution in [3.8, 4) is 0 Å². The van der Waals surface area contributed by atoms with Crippen molar-refractivity contribution in [1.82, 2.24) is 0 Å². The van der Waals surface area contributed by atoms with Gasteiger partial charge in [-0.05, 0) is 48.5 Å². The lowest BCUT2D eigenvalue weighted by Crippen LogP contribution is -2.31. The molecule has 0 N–H and O–H groups in total. The number of amidine groups is 1. The van der Waals surface area contributed by atoms with Crippen LogP contribution in [0.3, 0.4) is 0 Å². The summed E-state index contributed by atoms with van der Waals surface area (Å²) in [6.07, 6.45) is 0. The highest BCUT2D eigenvalue weighted by Gasteiger charge is 2.23. The number of aliphatic imine (C=N–C) groups is 1. The van der Waals surface area contributed by atoms with Gasteiger partial charge in [-0.25, -0.2) is 4.79 Å². The van der Waals surface area contributed by atoms with Crippen molar-refractivity contribution in [3.05, 3.63) is 157 Å². The van der Waals surface area contributed by atoms with Crippen molar-refractivity contribution in [2.45, 2.75) is 0 Å². The first-order valence-electron chi connectivity index (χ1n) is 11.8. The van der Waals surface area contributed by atoms with Crippen molar-refractivity contribution < 1.29 is 4.79 Å². The summed E-state index contributed by atoms with van der Waals surface area (Å²) in [6, 6.07) is 48.5. The van der Waals surface area contributed by atoms with Crippen LogP contribution in [0.4, 0.5) is 27.5 Å². The molecule has 0 aliphatic carbocycles. The summed E-state index contributed by atoms with van der Waals surface area (Å²) < 4.78 is 0. The van der Waals surface area contributed by atoms with Crippen molar-refractivity contribution in [3.63, 3.8) is 0 Å². The van der Waals surface area contributed by atoms with Gasteiger partial charge in [-0.1, -0.05) is 103 Å². The second-order valence-corrected chi connectivity index (χ2v) is 8.10. The third-order valence-electron chi connectivity index (χ3n) is 5.69. The number of rotatable bonds is 5. The highest BCUT2D eigenvalue weighted by atomic mass is 16.2. The van der Waals surface area contributed by atoms with Crippen molar-refractivity contribution in [2.75, 3.05) is 9.80 Å². The zero-order valence-corrected chi connectivity index (χ0v) is 19.7. The summed E-state index contributed by atoms with van der Waals surface area (Å²) in [4.78, 5) is 22.4. The van der Waals surface area contributed by atoms with Gasteiger partial charge in [0, 0.05) is 16.9 Å². The van der Waals surface area contributed by atoms with E-state index in [0.29, 0.717) is 5.84 Å². The second-order valence-electron chi connectivity index (χ2n) is 8.10. The predicted octanol–water partition coefficient (Wildman–Crippen LogP) is 8.23. The van der Waals surface area contributed by atoms with Crippen LogP contribution in [0.5, 0.6) is 0 Å². The molecular weight excluding hydrogens is 442 g/mol. The van der Waals surface area contributed by atoms with E-state index in [1.54, 1.807) is 4.90 Å². The van der Waals surface area contributed by atoms with Crippen LogP contribution in [-0.4, -0.2) is 11.9 Å². The normalized spacial score (nSPS) is 11.1. The Hall–Kier alpha value is -4.96. The monoisotopic (exact) mass is 467 g/mol. The van der Waals surface area contributed by atoms with E-state index in [-0.39, 0.29) is 6.03 Å². The predicted molar refractivity (Wildman–Crippen MR) is 148 cm³/mol. The third-order valence-corrected chi connectivity index (χ3v) is 5.69. The van der Waals surface area contributed by atoms with Crippen LogP contribution in [0, 0.1) is 0 Å². The number of carbonyl (C=O) groups is 1. The van der Waals surface area contributed by atoms with E-state index in [4.69, 9.17) is 4.99 Å². The molecular formula is C32H25N3O. The minimum atomic E-state index is -0.386. The van der Waals surface area contributed by atoms with Crippen LogP contribution in [-0.2, 0) is 0 Å². The van der Waals surface area contributed by atoms with Gasteiger partial charge in [0.1, 0.15) is 0 Å². The van der Waals surface area contributed by atoms with Gasteiger partial charge >= 0.3 is 6.03 Å². The SMILES string of the molecule is O=C(/N=C(\c1ccccc1)N(c1ccccc1)c1ccccc1)N(c1ccccc1)c1ccccc1. The molecule has 5 aromatic carbocycles. The maximum absolute atomic E-state index is 14.0. The van der Waals surface area contributed by atoms with Gasteiger partial charge in [-0.3, -0.25) is 9.80 Å². The van der Waals surface area contributed by atoms with Gasteiger partial charge < -0.3 is 0 Å². The molecule has 0 aliphatic heterocycles. The molecule has 0 aliphatic rings. The number of benzene rings is 5. The number of urea groups is 1. The van der Waals surface area contributed by atoms with E-state index in [1.165, 1.54) is 0 Å². The second kappa shape index (κ2) is 11.0. The van der Waals surface area contributed by atoms with Crippen LogP contribution in [0.15, 0.2) is 157 Å². The summed E-state index contributed by atoms with van der Waals surface area (Å²) in [5.74, 6) is 0.537. The Bertz CT molecular complexity index is 1340. The Morgan fingerprint density at radius 2 is 0.722 bits per heavy atom. The van der Waals surface area contributed by atoms with E-state index in [2.05, 4.69) is 0 Å². The molecule has 5 rings (SSSR count). The first-order valence-corrected chi connectivity index (χ1v) is 11.8. The minimum Gasteiger partial charge on any atom is -0.294 e. The topological polar surface area (TPSA) is 35.9 Å². The average molecular weight is 468 g/mol.